The minimum absolute atomic E-state index is 0.0111. The second-order valence-electron chi connectivity index (χ2n) is 14.1. The molecule has 15 nitrogen and oxygen atoms in total. The first-order chi connectivity index (χ1) is 27.1. The fraction of sp³-hybridized carbons (Fsp3) is 0.262. The topological polar surface area (TPSA) is 229 Å². The summed E-state index contributed by atoms with van der Waals surface area (Å²) in [5, 5.41) is 27.1. The number of aliphatic carboxylic acids is 2. The molecule has 4 aromatic rings. The second kappa shape index (κ2) is 17.7. The van der Waals surface area contributed by atoms with Crippen molar-refractivity contribution in [2.75, 3.05) is 17.2 Å². The van der Waals surface area contributed by atoms with Gasteiger partial charge in [-0.15, -0.1) is 0 Å². The van der Waals surface area contributed by atoms with Gasteiger partial charge in [0.25, 0.3) is 5.91 Å². The molecule has 57 heavy (non-hydrogen) atoms. The monoisotopic (exact) mass is 776 g/mol. The van der Waals surface area contributed by atoms with Gasteiger partial charge in [-0.25, -0.2) is 14.4 Å². The molecule has 0 aliphatic carbocycles. The van der Waals surface area contributed by atoms with E-state index in [1.54, 1.807) is 111 Å². The third-order valence-electron chi connectivity index (χ3n) is 9.93. The summed E-state index contributed by atoms with van der Waals surface area (Å²) in [4.78, 5) is 94.1. The molecular weight excluding hydrogens is 732 g/mol. The number of amides is 6. The van der Waals surface area contributed by atoms with Crippen LogP contribution in [0.15, 0.2) is 115 Å². The molecule has 15 heteroatoms. The Hall–Kier alpha value is -6.87. The molecule has 1 heterocycles. The molecule has 1 aliphatic rings. The molecule has 5 rings (SSSR count). The maximum absolute atomic E-state index is 14.2. The lowest BCUT2D eigenvalue weighted by atomic mass is 9.85. The summed E-state index contributed by atoms with van der Waals surface area (Å²) in [5.41, 5.74) is 4.74. The fourth-order valence-electron chi connectivity index (χ4n) is 6.66. The minimum atomic E-state index is -2.60. The highest BCUT2D eigenvalue weighted by Gasteiger charge is 2.55. The summed E-state index contributed by atoms with van der Waals surface area (Å²) in [6.07, 6.45) is -1.49. The molecule has 7 N–H and O–H groups in total. The number of carbonyl (C=O) groups is 7. The first kappa shape index (κ1) is 41.3. The number of anilines is 2. The number of hydrogen-bond donors (Lipinski definition) is 6. The van der Waals surface area contributed by atoms with E-state index < -0.39 is 77.5 Å². The molecule has 1 aliphatic heterocycles. The zero-order chi connectivity index (χ0) is 41.3. The van der Waals surface area contributed by atoms with Crippen molar-refractivity contribution >= 4 is 53.0 Å². The molecule has 0 saturated carbocycles. The lowest BCUT2D eigenvalue weighted by Gasteiger charge is -2.32. The van der Waals surface area contributed by atoms with Crippen LogP contribution >= 0.6 is 0 Å². The van der Waals surface area contributed by atoms with Gasteiger partial charge in [-0.3, -0.25) is 24.1 Å². The van der Waals surface area contributed by atoms with E-state index >= 15 is 0 Å². The van der Waals surface area contributed by atoms with Crippen LogP contribution in [0.2, 0.25) is 0 Å². The predicted octanol–water partition coefficient (Wildman–Crippen LogP) is 5.11. The molecule has 0 spiro atoms. The molecule has 0 radical (unpaired) electrons. The predicted molar refractivity (Wildman–Crippen MR) is 210 cm³/mol. The lowest BCUT2D eigenvalue weighted by Crippen LogP contribution is -2.61. The zero-order valence-electron chi connectivity index (χ0n) is 31.4. The van der Waals surface area contributed by atoms with E-state index in [-0.39, 0.29) is 25.1 Å². The summed E-state index contributed by atoms with van der Waals surface area (Å²) < 4.78 is 0. The number of Topliss-reactive ketones (excluding diaryl/α,β-unsaturated/α-hetero) is 1. The van der Waals surface area contributed by atoms with E-state index in [0.29, 0.717) is 22.5 Å². The van der Waals surface area contributed by atoms with Crippen LogP contribution in [0.1, 0.15) is 55.8 Å². The number of ketones is 1. The van der Waals surface area contributed by atoms with Gasteiger partial charge in [0.1, 0.15) is 5.54 Å². The van der Waals surface area contributed by atoms with Crippen molar-refractivity contribution in [3.05, 3.63) is 132 Å². The molecule has 1 fully saturated rings. The lowest BCUT2D eigenvalue weighted by molar-refractivity contribution is -0.148. The van der Waals surface area contributed by atoms with Crippen molar-refractivity contribution in [2.45, 2.75) is 56.8 Å². The van der Waals surface area contributed by atoms with Crippen LogP contribution in [0.3, 0.4) is 0 Å². The van der Waals surface area contributed by atoms with E-state index in [2.05, 4.69) is 16.0 Å². The highest BCUT2D eigenvalue weighted by Crippen LogP contribution is 2.39. The van der Waals surface area contributed by atoms with Crippen molar-refractivity contribution in [3.8, 4) is 0 Å². The number of nitrogens with zero attached hydrogens (tertiary/aromatic N) is 2. The Balaban J connectivity index is 1.28. The molecule has 3 unspecified atom stereocenters. The summed E-state index contributed by atoms with van der Waals surface area (Å²) in [7, 11) is 0. The summed E-state index contributed by atoms with van der Waals surface area (Å²) in [6, 6.07) is 29.7. The number of carboxylic acid groups (broad SMARTS) is 2. The Morgan fingerprint density at radius 1 is 0.789 bits per heavy atom. The maximum Gasteiger partial charge on any atom is 0.330 e. The highest BCUT2D eigenvalue weighted by atomic mass is 16.4. The number of nitrogens with two attached hydrogens (primary N) is 1. The quantitative estimate of drug-likeness (QED) is 0.0613. The minimum Gasteiger partial charge on any atom is -0.481 e. The summed E-state index contributed by atoms with van der Waals surface area (Å²) in [6.45, 7) is 3.28. The normalized spacial score (nSPS) is 17.2. The average Bonchev–Trinajstić information content (AvgIpc) is 3.37. The number of para-hydroxylation sites is 1. The molecule has 1 saturated heterocycles. The molecule has 4 atom stereocenters. The molecule has 0 aromatic heterocycles. The van der Waals surface area contributed by atoms with Crippen molar-refractivity contribution in [2.24, 2.45) is 11.7 Å². The number of carbonyl (C=O) groups excluding carboxylic acids is 5. The average molecular weight is 777 g/mol. The van der Waals surface area contributed by atoms with Gasteiger partial charge in [0.2, 0.25) is 5.91 Å². The molecule has 6 amide bonds. The van der Waals surface area contributed by atoms with Crippen LogP contribution in [-0.2, 0) is 36.1 Å². The van der Waals surface area contributed by atoms with Gasteiger partial charge < -0.3 is 36.8 Å². The number of benzene rings is 4. The van der Waals surface area contributed by atoms with Crippen LogP contribution in [0.4, 0.5) is 21.0 Å². The van der Waals surface area contributed by atoms with Gasteiger partial charge >= 0.3 is 24.0 Å². The molecule has 0 bridgehead atoms. The van der Waals surface area contributed by atoms with Gasteiger partial charge in [0, 0.05) is 30.9 Å². The molecule has 296 valence electrons. The second-order valence-corrected chi connectivity index (χ2v) is 14.1. The van der Waals surface area contributed by atoms with E-state index in [1.165, 1.54) is 17.0 Å². The third-order valence-corrected chi connectivity index (χ3v) is 9.93. The highest BCUT2D eigenvalue weighted by molar-refractivity contribution is 6.13. The standard InChI is InChI=1S/C42H44N6O9/c1-27(18-23-33(49)42(43,24-34(50)51)37(54)46-35(36(52)53)29-12-6-3-7-13-29)25-47-38(55)41(2,30-14-8-4-9-15-30)48(40(47)57)26-28-19-21-32(22-20-28)45-39(56)44-31-16-10-5-11-17-31/h3-17,19-22,27,35H,18,23-26,43H2,1-2H3,(H,46,54)(H,50,51)(H,52,53)(H2,44,45,56)/t27?,35-,41?,42?/m0/s1. The summed E-state index contributed by atoms with van der Waals surface area (Å²) in [5.74, 6) is -6.21. The largest absolute Gasteiger partial charge is 0.481 e. The smallest absolute Gasteiger partial charge is 0.330 e. The Morgan fingerprint density at radius 3 is 1.89 bits per heavy atom. The number of nitrogens with one attached hydrogen (secondary N) is 3. The van der Waals surface area contributed by atoms with Crippen molar-refractivity contribution in [1.82, 2.24) is 15.1 Å². The number of rotatable bonds is 17. The Labute approximate surface area is 328 Å². The van der Waals surface area contributed by atoms with Gasteiger partial charge in [-0.05, 0) is 60.2 Å². The number of imide groups is 1. The van der Waals surface area contributed by atoms with Gasteiger partial charge in [-0.2, -0.15) is 0 Å². The number of carboxylic acids is 2. The number of hydrogen-bond acceptors (Lipinski definition) is 8. The Kier molecular flexibility index (Phi) is 12.8. The Morgan fingerprint density at radius 2 is 1.33 bits per heavy atom. The molecule has 4 aromatic carbocycles. The van der Waals surface area contributed by atoms with Crippen molar-refractivity contribution in [1.29, 1.82) is 0 Å². The fourth-order valence-corrected chi connectivity index (χ4v) is 6.66. The van der Waals surface area contributed by atoms with Gasteiger partial charge in [0.05, 0.1) is 6.42 Å². The van der Waals surface area contributed by atoms with E-state index in [9.17, 15) is 43.8 Å². The van der Waals surface area contributed by atoms with Crippen LogP contribution in [0, 0.1) is 5.92 Å². The maximum atomic E-state index is 14.2. The number of urea groups is 2. The van der Waals surface area contributed by atoms with E-state index in [4.69, 9.17) is 5.73 Å². The van der Waals surface area contributed by atoms with Crippen LogP contribution in [0.5, 0.6) is 0 Å². The van der Waals surface area contributed by atoms with Crippen LogP contribution < -0.4 is 21.7 Å². The molecular formula is C42H44N6O9. The Bertz CT molecular complexity index is 2120. The van der Waals surface area contributed by atoms with E-state index in [0.717, 1.165) is 4.90 Å². The van der Waals surface area contributed by atoms with Crippen molar-refractivity contribution in [3.63, 3.8) is 0 Å². The summed E-state index contributed by atoms with van der Waals surface area (Å²) >= 11 is 0. The third kappa shape index (κ3) is 9.51. The first-order valence-corrected chi connectivity index (χ1v) is 18.2. The van der Waals surface area contributed by atoms with E-state index in [1.807, 2.05) is 6.07 Å². The zero-order valence-corrected chi connectivity index (χ0v) is 31.4. The van der Waals surface area contributed by atoms with Crippen LogP contribution in [-0.4, -0.2) is 73.7 Å². The van der Waals surface area contributed by atoms with Crippen molar-refractivity contribution < 1.29 is 43.8 Å². The van der Waals surface area contributed by atoms with Gasteiger partial charge in [0.15, 0.2) is 17.4 Å². The first-order valence-electron chi connectivity index (χ1n) is 18.2. The SMILES string of the molecule is CC(CCC(=O)C(N)(CC(=O)O)C(=O)N[C@H](C(=O)O)c1ccccc1)CN1C(=O)N(Cc2ccc(NC(=O)Nc3ccccc3)cc2)C(C)(c2ccccc2)C1=O. The van der Waals surface area contributed by atoms with Crippen LogP contribution in [0.25, 0.3) is 0 Å². The van der Waals surface area contributed by atoms with Gasteiger partial charge in [-0.1, -0.05) is 97.9 Å².